The van der Waals surface area contributed by atoms with Crippen LogP contribution in [0.4, 0.5) is 0 Å². The van der Waals surface area contributed by atoms with Gasteiger partial charge < -0.3 is 29.5 Å². The lowest BCUT2D eigenvalue weighted by Gasteiger charge is -2.22. The first-order valence-corrected chi connectivity index (χ1v) is 8.93. The van der Waals surface area contributed by atoms with Crippen LogP contribution in [0, 0.1) is 6.92 Å². The van der Waals surface area contributed by atoms with Crippen molar-refractivity contribution in [3.05, 3.63) is 71.5 Å². The third-order valence-electron chi connectivity index (χ3n) is 4.57. The molecule has 0 aliphatic heterocycles. The Hall–Kier alpha value is -2.65. The minimum Gasteiger partial charge on any atom is -0.464 e. The first-order valence-electron chi connectivity index (χ1n) is 8.93. The van der Waals surface area contributed by atoms with Gasteiger partial charge in [0.25, 0.3) is 0 Å². The summed E-state index contributed by atoms with van der Waals surface area (Å²) in [5.41, 5.74) is 3.10. The van der Waals surface area contributed by atoms with Crippen molar-refractivity contribution in [2.75, 3.05) is 6.61 Å². The zero-order valence-corrected chi connectivity index (χ0v) is 15.4. The molecule has 0 saturated carbocycles. The fraction of sp³-hybridized carbons (Fsp3) is 0.250. The molecule has 8 heteroatoms. The lowest BCUT2D eigenvalue weighted by atomic mass is 9.99. The van der Waals surface area contributed by atoms with E-state index < -0.39 is 32.0 Å². The number of aryl methyl sites for hydroxylation is 1. The van der Waals surface area contributed by atoms with Crippen molar-refractivity contribution in [3.8, 4) is 0 Å². The minimum absolute atomic E-state index is 0.159. The largest absolute Gasteiger partial charge is 0.635 e. The molecule has 7 nitrogen and oxygen atoms in total. The number of furan rings is 1. The number of carbonyl (C=O) groups excluding carboxylic acids is 1. The lowest BCUT2D eigenvalue weighted by molar-refractivity contribution is -0.126. The smallest absolute Gasteiger partial charge is 0.464 e. The topological polar surface area (TPSA) is 112 Å². The number of rotatable bonds is 8. The molecule has 0 saturated heterocycles. The van der Waals surface area contributed by atoms with E-state index in [4.69, 9.17) is 9.07 Å². The number of hydrogen-bond acceptors (Lipinski definition) is 6. The second kappa shape index (κ2) is 9.03. The quantitative estimate of drug-likeness (QED) is 0.346. The van der Waals surface area contributed by atoms with Gasteiger partial charge in [-0.3, -0.25) is 4.79 Å². The van der Waals surface area contributed by atoms with Gasteiger partial charge >= 0.3 is 7.32 Å². The van der Waals surface area contributed by atoms with E-state index in [1.807, 2.05) is 31.2 Å². The van der Waals surface area contributed by atoms with Crippen LogP contribution in [-0.4, -0.2) is 41.2 Å². The Morgan fingerprint density at radius 3 is 2.61 bits per heavy atom. The number of nitrogens with one attached hydrogen (secondary N) is 1. The predicted octanol–water partition coefficient (Wildman–Crippen LogP) is 1.49. The van der Waals surface area contributed by atoms with Crippen molar-refractivity contribution in [1.82, 2.24) is 5.32 Å². The van der Waals surface area contributed by atoms with E-state index >= 15 is 0 Å². The first kappa shape index (κ1) is 20.1. The summed E-state index contributed by atoms with van der Waals surface area (Å²) in [6.45, 7) is 1.53. The average molecular weight is 383 g/mol. The van der Waals surface area contributed by atoms with E-state index in [0.29, 0.717) is 5.56 Å². The molecule has 146 valence electrons. The van der Waals surface area contributed by atoms with Gasteiger partial charge in [0.15, 0.2) is 0 Å². The van der Waals surface area contributed by atoms with E-state index in [-0.39, 0.29) is 6.42 Å². The molecular weight excluding hydrogens is 361 g/mol. The molecule has 0 radical (unpaired) electrons. The molecule has 0 fully saturated rings. The molecule has 1 amide bonds. The Labute approximate surface area is 162 Å². The fourth-order valence-corrected chi connectivity index (χ4v) is 3.18. The number of benzene rings is 2. The SMILES string of the molecule is Cc1cccc2c(C[C@@H](NC(=O)[C@H](CO)c3ccccc3)OB(O)O)coc12. The van der Waals surface area contributed by atoms with Crippen LogP contribution in [0.1, 0.15) is 22.6 Å². The van der Waals surface area contributed by atoms with E-state index in [0.717, 1.165) is 22.1 Å². The van der Waals surface area contributed by atoms with Crippen molar-refractivity contribution in [2.24, 2.45) is 0 Å². The van der Waals surface area contributed by atoms with Gasteiger partial charge in [0.2, 0.25) is 5.91 Å². The molecule has 3 aromatic rings. The molecule has 1 heterocycles. The number of fused-ring (bicyclic) bond motifs is 1. The van der Waals surface area contributed by atoms with Gasteiger partial charge in [0.05, 0.1) is 18.8 Å². The Morgan fingerprint density at radius 2 is 1.93 bits per heavy atom. The Morgan fingerprint density at radius 1 is 1.18 bits per heavy atom. The highest BCUT2D eigenvalue weighted by atomic mass is 16.6. The Bertz CT molecular complexity index is 927. The van der Waals surface area contributed by atoms with Gasteiger partial charge in [-0.25, -0.2) is 0 Å². The number of hydrogen-bond donors (Lipinski definition) is 4. The Kier molecular flexibility index (Phi) is 6.48. The number of carbonyl (C=O) groups is 1. The zero-order chi connectivity index (χ0) is 20.1. The minimum atomic E-state index is -2.06. The highest BCUT2D eigenvalue weighted by Gasteiger charge is 2.26. The summed E-state index contributed by atoms with van der Waals surface area (Å²) in [5.74, 6) is -1.28. The van der Waals surface area contributed by atoms with Crippen LogP contribution < -0.4 is 5.32 Å². The first-order chi connectivity index (χ1) is 13.5. The third-order valence-corrected chi connectivity index (χ3v) is 4.57. The normalized spacial score (nSPS) is 13.3. The van der Waals surface area contributed by atoms with Gasteiger partial charge in [0.1, 0.15) is 11.8 Å². The van der Waals surface area contributed by atoms with Crippen molar-refractivity contribution < 1.29 is 29.0 Å². The summed E-state index contributed by atoms with van der Waals surface area (Å²) in [6, 6.07) is 14.5. The molecule has 1 aromatic heterocycles. The zero-order valence-electron chi connectivity index (χ0n) is 15.4. The number of para-hydroxylation sites is 1. The standard InChI is InChI=1S/C20H22BNO6/c1-13-6-5-9-16-15(12-27-19(13)16)10-18(28-21(25)26)22-20(24)17(11-23)14-7-3-2-4-8-14/h2-9,12,17-18,23,25-26H,10-11H2,1H3,(H,22,24)/t17-,18+/m1/s1. The van der Waals surface area contributed by atoms with Crippen LogP contribution in [0.5, 0.6) is 0 Å². The maximum absolute atomic E-state index is 12.7. The molecule has 28 heavy (non-hydrogen) atoms. The van der Waals surface area contributed by atoms with Crippen LogP contribution in [0.3, 0.4) is 0 Å². The van der Waals surface area contributed by atoms with Gasteiger partial charge in [-0.05, 0) is 18.1 Å². The van der Waals surface area contributed by atoms with E-state index in [2.05, 4.69) is 5.32 Å². The summed E-state index contributed by atoms with van der Waals surface area (Å²) in [6.07, 6.45) is 0.698. The molecular formula is C20H22BNO6. The van der Waals surface area contributed by atoms with E-state index in [1.54, 1.807) is 30.5 Å². The van der Waals surface area contributed by atoms with Crippen molar-refractivity contribution in [3.63, 3.8) is 0 Å². The summed E-state index contributed by atoms with van der Waals surface area (Å²) < 4.78 is 10.7. The number of amides is 1. The number of aliphatic hydroxyl groups is 1. The number of aliphatic hydroxyl groups excluding tert-OH is 1. The molecule has 0 aliphatic carbocycles. The second-order valence-electron chi connectivity index (χ2n) is 6.52. The van der Waals surface area contributed by atoms with Crippen LogP contribution in [0.2, 0.25) is 0 Å². The molecule has 0 spiro atoms. The molecule has 2 atom stereocenters. The Balaban J connectivity index is 1.79. The van der Waals surface area contributed by atoms with Gasteiger partial charge in [-0.1, -0.05) is 48.5 Å². The molecule has 0 unspecified atom stereocenters. The van der Waals surface area contributed by atoms with Crippen LogP contribution in [0.25, 0.3) is 11.0 Å². The molecule has 2 aromatic carbocycles. The maximum atomic E-state index is 12.7. The predicted molar refractivity (Wildman–Crippen MR) is 104 cm³/mol. The van der Waals surface area contributed by atoms with Gasteiger partial charge in [-0.2, -0.15) is 0 Å². The van der Waals surface area contributed by atoms with Crippen LogP contribution in [0.15, 0.2) is 59.2 Å². The summed E-state index contributed by atoms with van der Waals surface area (Å²) in [5, 5.41) is 31.6. The lowest BCUT2D eigenvalue weighted by Crippen LogP contribution is -2.44. The molecule has 0 aliphatic rings. The molecule has 4 N–H and O–H groups in total. The summed E-state index contributed by atoms with van der Waals surface area (Å²) in [7, 11) is -2.06. The van der Waals surface area contributed by atoms with Crippen molar-refractivity contribution >= 4 is 24.2 Å². The monoisotopic (exact) mass is 383 g/mol. The second-order valence-corrected chi connectivity index (χ2v) is 6.52. The van der Waals surface area contributed by atoms with Gasteiger partial charge in [0, 0.05) is 17.4 Å². The summed E-state index contributed by atoms with van der Waals surface area (Å²) in [4.78, 5) is 12.7. The summed E-state index contributed by atoms with van der Waals surface area (Å²) >= 11 is 0. The fourth-order valence-electron chi connectivity index (χ4n) is 3.18. The van der Waals surface area contributed by atoms with Crippen LogP contribution >= 0.6 is 0 Å². The van der Waals surface area contributed by atoms with E-state index in [1.165, 1.54) is 0 Å². The average Bonchev–Trinajstić information content (AvgIpc) is 3.07. The maximum Gasteiger partial charge on any atom is 0.635 e. The van der Waals surface area contributed by atoms with Crippen molar-refractivity contribution in [1.29, 1.82) is 0 Å². The third kappa shape index (κ3) is 4.60. The molecule has 0 bridgehead atoms. The van der Waals surface area contributed by atoms with Crippen molar-refractivity contribution in [2.45, 2.75) is 25.5 Å². The van der Waals surface area contributed by atoms with Gasteiger partial charge in [-0.15, -0.1) is 0 Å². The van der Waals surface area contributed by atoms with Crippen LogP contribution in [-0.2, 0) is 15.9 Å². The molecule has 3 rings (SSSR count). The highest BCUT2D eigenvalue weighted by Crippen LogP contribution is 2.25. The van der Waals surface area contributed by atoms with E-state index in [9.17, 15) is 19.9 Å². The highest BCUT2D eigenvalue weighted by molar-refractivity contribution is 6.32.